The van der Waals surface area contributed by atoms with Gasteiger partial charge >= 0.3 is 12.0 Å². The topological polar surface area (TPSA) is 60.9 Å². The van der Waals surface area contributed by atoms with Gasteiger partial charge in [-0.25, -0.2) is 14.0 Å². The third kappa shape index (κ3) is 3.37. The van der Waals surface area contributed by atoms with Crippen molar-refractivity contribution in [2.24, 2.45) is 0 Å². The first kappa shape index (κ1) is 16.0. The molecule has 0 bridgehead atoms. The molecule has 0 saturated carbocycles. The van der Waals surface area contributed by atoms with E-state index >= 15 is 0 Å². The van der Waals surface area contributed by atoms with Gasteiger partial charge in [0.1, 0.15) is 5.82 Å². The van der Waals surface area contributed by atoms with Crippen LogP contribution < -0.4 is 4.90 Å². The smallest absolute Gasteiger partial charge is 0.335 e. The number of carboxylic acids is 1. The molecule has 2 aromatic rings. The van der Waals surface area contributed by atoms with Crippen LogP contribution in [0.2, 0.25) is 0 Å². The molecule has 1 heterocycles. The Kier molecular flexibility index (Phi) is 4.46. The Hall–Kier alpha value is -2.89. The number of rotatable bonds is 4. The van der Waals surface area contributed by atoms with E-state index in [2.05, 4.69) is 0 Å². The summed E-state index contributed by atoms with van der Waals surface area (Å²) in [4.78, 5) is 27.1. The van der Waals surface area contributed by atoms with Crippen molar-refractivity contribution in [3.8, 4) is 0 Å². The normalized spacial score (nSPS) is 14.8. The molecule has 1 aliphatic heterocycles. The van der Waals surface area contributed by atoms with Gasteiger partial charge in [0, 0.05) is 25.3 Å². The summed E-state index contributed by atoms with van der Waals surface area (Å²) in [6, 6.07) is 12.2. The Morgan fingerprint density at radius 3 is 2.58 bits per heavy atom. The molecule has 6 heteroatoms. The minimum absolute atomic E-state index is 0.149. The second-order valence-electron chi connectivity index (χ2n) is 5.69. The average molecular weight is 328 g/mol. The molecule has 24 heavy (non-hydrogen) atoms. The first-order valence-electron chi connectivity index (χ1n) is 7.69. The third-order valence-corrected chi connectivity index (χ3v) is 4.00. The van der Waals surface area contributed by atoms with Gasteiger partial charge in [0.25, 0.3) is 0 Å². The number of aromatic carboxylic acids is 1. The van der Waals surface area contributed by atoms with Crippen LogP contribution in [0.4, 0.5) is 14.9 Å². The fraction of sp³-hybridized carbons (Fsp3) is 0.222. The number of nitrogens with zero attached hydrogens (tertiary/aromatic N) is 2. The van der Waals surface area contributed by atoms with Gasteiger partial charge in [0.15, 0.2) is 0 Å². The lowest BCUT2D eigenvalue weighted by atomic mass is 10.1. The number of hydrogen-bond donors (Lipinski definition) is 1. The summed E-state index contributed by atoms with van der Waals surface area (Å²) in [6.07, 6.45) is 0.782. The molecule has 5 nitrogen and oxygen atoms in total. The number of carbonyl (C=O) groups is 2. The molecule has 1 N–H and O–H groups in total. The van der Waals surface area contributed by atoms with Gasteiger partial charge in [0.2, 0.25) is 0 Å². The highest BCUT2D eigenvalue weighted by Gasteiger charge is 2.27. The summed E-state index contributed by atoms with van der Waals surface area (Å²) < 4.78 is 13.0. The number of hydrogen-bond acceptors (Lipinski definition) is 2. The number of amides is 2. The van der Waals surface area contributed by atoms with E-state index in [-0.39, 0.29) is 17.4 Å². The number of halogens is 1. The molecule has 0 atom stereocenters. The maximum atomic E-state index is 13.0. The van der Waals surface area contributed by atoms with E-state index in [0.29, 0.717) is 25.3 Å². The lowest BCUT2D eigenvalue weighted by Crippen LogP contribution is -2.49. The van der Waals surface area contributed by atoms with Crippen molar-refractivity contribution in [3.63, 3.8) is 0 Å². The predicted octanol–water partition coefficient (Wildman–Crippen LogP) is 3.36. The highest BCUT2D eigenvalue weighted by Crippen LogP contribution is 2.22. The summed E-state index contributed by atoms with van der Waals surface area (Å²) in [5.41, 5.74) is 1.57. The van der Waals surface area contributed by atoms with Crippen LogP contribution in [0.3, 0.4) is 0 Å². The first-order valence-corrected chi connectivity index (χ1v) is 7.69. The van der Waals surface area contributed by atoms with Crippen LogP contribution >= 0.6 is 0 Å². The van der Waals surface area contributed by atoms with Crippen molar-refractivity contribution < 1.29 is 19.1 Å². The molecular formula is C18H17FN2O3. The van der Waals surface area contributed by atoms with Gasteiger partial charge in [-0.3, -0.25) is 4.90 Å². The number of urea groups is 1. The molecule has 2 aromatic carbocycles. The van der Waals surface area contributed by atoms with E-state index in [9.17, 15) is 14.0 Å². The van der Waals surface area contributed by atoms with E-state index in [4.69, 9.17) is 5.11 Å². The predicted molar refractivity (Wildman–Crippen MR) is 87.6 cm³/mol. The quantitative estimate of drug-likeness (QED) is 0.936. The minimum atomic E-state index is -1.02. The Morgan fingerprint density at radius 1 is 1.12 bits per heavy atom. The largest absolute Gasteiger partial charge is 0.478 e. The molecule has 124 valence electrons. The van der Waals surface area contributed by atoms with E-state index in [0.717, 1.165) is 12.0 Å². The van der Waals surface area contributed by atoms with Crippen LogP contribution in [-0.4, -0.2) is 35.1 Å². The Morgan fingerprint density at radius 2 is 1.88 bits per heavy atom. The molecule has 3 rings (SSSR count). The van der Waals surface area contributed by atoms with Gasteiger partial charge in [-0.1, -0.05) is 18.2 Å². The zero-order valence-corrected chi connectivity index (χ0v) is 13.0. The van der Waals surface area contributed by atoms with E-state index in [1.54, 1.807) is 34.1 Å². The highest BCUT2D eigenvalue weighted by molar-refractivity contribution is 5.95. The summed E-state index contributed by atoms with van der Waals surface area (Å²) in [7, 11) is 0. The van der Waals surface area contributed by atoms with Crippen LogP contribution in [0.5, 0.6) is 0 Å². The molecule has 0 aliphatic carbocycles. The van der Waals surface area contributed by atoms with Gasteiger partial charge < -0.3 is 10.0 Å². The van der Waals surface area contributed by atoms with E-state index in [1.165, 1.54) is 24.3 Å². The average Bonchev–Trinajstić information content (AvgIpc) is 2.59. The van der Waals surface area contributed by atoms with Crippen molar-refractivity contribution >= 4 is 17.7 Å². The Balaban J connectivity index is 1.78. The summed E-state index contributed by atoms with van der Waals surface area (Å²) >= 11 is 0. The second-order valence-corrected chi connectivity index (χ2v) is 5.69. The molecule has 0 radical (unpaired) electrons. The van der Waals surface area contributed by atoms with Crippen molar-refractivity contribution in [1.82, 2.24) is 4.90 Å². The number of carboxylic acid groups (broad SMARTS) is 1. The van der Waals surface area contributed by atoms with Crippen LogP contribution in [0, 0.1) is 5.82 Å². The molecule has 1 fully saturated rings. The van der Waals surface area contributed by atoms with Crippen LogP contribution in [0.15, 0.2) is 48.5 Å². The molecule has 0 spiro atoms. The standard InChI is InChI=1S/C18H17FN2O3/c19-15-7-5-13(6-8-15)12-20-9-2-10-21(18(20)24)16-4-1-3-14(11-16)17(22)23/h1,3-8,11H,2,9-10,12H2,(H,22,23). The van der Waals surface area contributed by atoms with Gasteiger partial charge in [0.05, 0.1) is 5.56 Å². The SMILES string of the molecule is O=C(O)c1cccc(N2CCCN(Cc3ccc(F)cc3)C2=O)c1. The zero-order valence-electron chi connectivity index (χ0n) is 13.0. The monoisotopic (exact) mass is 328 g/mol. The van der Waals surface area contributed by atoms with Crippen LogP contribution in [0.25, 0.3) is 0 Å². The number of benzene rings is 2. The first-order chi connectivity index (χ1) is 11.5. The summed E-state index contributed by atoms with van der Waals surface area (Å²) in [5, 5.41) is 9.10. The summed E-state index contributed by atoms with van der Waals surface area (Å²) in [6.45, 7) is 1.56. The zero-order chi connectivity index (χ0) is 17.1. The number of carbonyl (C=O) groups excluding carboxylic acids is 1. The molecule has 0 unspecified atom stereocenters. The minimum Gasteiger partial charge on any atom is -0.478 e. The lowest BCUT2D eigenvalue weighted by molar-refractivity contribution is 0.0697. The van der Waals surface area contributed by atoms with E-state index < -0.39 is 5.97 Å². The number of anilines is 1. The molecule has 1 saturated heterocycles. The van der Waals surface area contributed by atoms with Crippen molar-refractivity contribution in [3.05, 3.63) is 65.5 Å². The third-order valence-electron chi connectivity index (χ3n) is 4.00. The summed E-state index contributed by atoms with van der Waals surface area (Å²) in [5.74, 6) is -1.33. The fourth-order valence-electron chi connectivity index (χ4n) is 2.78. The maximum absolute atomic E-state index is 13.0. The van der Waals surface area contributed by atoms with Crippen LogP contribution in [-0.2, 0) is 6.54 Å². The Labute approximate surface area is 138 Å². The van der Waals surface area contributed by atoms with Crippen LogP contribution in [0.1, 0.15) is 22.3 Å². The van der Waals surface area contributed by atoms with Gasteiger partial charge in [-0.2, -0.15) is 0 Å². The molecule has 0 aromatic heterocycles. The van der Waals surface area contributed by atoms with Crippen molar-refractivity contribution in [2.45, 2.75) is 13.0 Å². The maximum Gasteiger partial charge on any atom is 0.335 e. The highest BCUT2D eigenvalue weighted by atomic mass is 19.1. The molecule has 1 aliphatic rings. The molecular weight excluding hydrogens is 311 g/mol. The van der Waals surface area contributed by atoms with Gasteiger partial charge in [-0.05, 0) is 42.3 Å². The lowest BCUT2D eigenvalue weighted by Gasteiger charge is -2.35. The molecule has 2 amide bonds. The van der Waals surface area contributed by atoms with Crippen molar-refractivity contribution in [2.75, 3.05) is 18.0 Å². The van der Waals surface area contributed by atoms with E-state index in [1.807, 2.05) is 0 Å². The van der Waals surface area contributed by atoms with Crippen molar-refractivity contribution in [1.29, 1.82) is 0 Å². The van der Waals surface area contributed by atoms with Gasteiger partial charge in [-0.15, -0.1) is 0 Å². The second kappa shape index (κ2) is 6.70. The fourth-order valence-corrected chi connectivity index (χ4v) is 2.78. The Bertz CT molecular complexity index is 761.